The molecule has 2 saturated carbocycles. The largest absolute Gasteiger partial charge is 0.472 e. The molecule has 4 aromatic heterocycles. The molecule has 0 amide bonds. The van der Waals surface area contributed by atoms with Crippen molar-refractivity contribution < 1.29 is 47.1 Å². The summed E-state index contributed by atoms with van der Waals surface area (Å²) in [4.78, 5) is 31.9. The molecular weight excluding hydrogens is 656 g/mol. The van der Waals surface area contributed by atoms with Gasteiger partial charge in [0.15, 0.2) is 23.3 Å². The number of imidazole rings is 2. The van der Waals surface area contributed by atoms with Gasteiger partial charge >= 0.3 is 14.6 Å². The molecule has 0 aromatic carbocycles. The minimum Gasteiger partial charge on any atom is -0.397 e. The second kappa shape index (κ2) is 10.1. The average molecular weight is 684 g/mol. The monoisotopic (exact) mass is 683 g/mol. The molecule has 4 aliphatic rings. The lowest BCUT2D eigenvalue weighted by atomic mass is 10.0. The highest BCUT2D eigenvalue weighted by atomic mass is 32.7. The van der Waals surface area contributed by atoms with Crippen molar-refractivity contribution in [2.75, 3.05) is 24.7 Å². The standard InChI is InChI=1S/C23H27N9O10P2S/c24-10-1-2-26-20-12(10)29-8-32(20)22-17-15(33)11(40-22)4-38-44(37,45)42-18-16(34)14(9-3-23(9,18)5-39-43(35,36)41-17)31-7-30-13-19(25)27-6-28-21(13)31/h1-2,6-9,11,14-18,22,33-34H,3-5H2,(H2,24,26)(H,35,36)(H,37,45)(H2,25,27,28)/t9-,11-,14-,15-,16+,17-,18+,22-,23+,44-/m1/s1. The summed E-state index contributed by atoms with van der Waals surface area (Å²) in [5, 5.41) is 22.7. The van der Waals surface area contributed by atoms with Crippen LogP contribution in [0.3, 0.4) is 0 Å². The topological polar surface area (TPSA) is 267 Å². The van der Waals surface area contributed by atoms with Gasteiger partial charge in [0.25, 0.3) is 0 Å². The fraction of sp³-hybridized carbons (Fsp3) is 0.522. The molecule has 45 heavy (non-hydrogen) atoms. The Bertz CT molecular complexity index is 1930. The highest BCUT2D eigenvalue weighted by molar-refractivity contribution is 8.44. The quantitative estimate of drug-likeness (QED) is 0.124. The van der Waals surface area contributed by atoms with E-state index in [1.54, 1.807) is 10.6 Å². The summed E-state index contributed by atoms with van der Waals surface area (Å²) in [6.45, 7) is -5.23. The zero-order chi connectivity index (χ0) is 31.5. The van der Waals surface area contributed by atoms with Gasteiger partial charge in [0.05, 0.1) is 37.6 Å². The van der Waals surface area contributed by atoms with Crippen molar-refractivity contribution >= 4 is 60.7 Å². The van der Waals surface area contributed by atoms with Crippen LogP contribution in [0.1, 0.15) is 18.7 Å². The summed E-state index contributed by atoms with van der Waals surface area (Å²) < 4.78 is 58.5. The second-order valence-corrected chi connectivity index (χ2v) is 15.8. The van der Waals surface area contributed by atoms with Crippen LogP contribution in [-0.2, 0) is 32.0 Å². The molecule has 1 spiro atoms. The first-order valence-corrected chi connectivity index (χ1v) is 17.9. The van der Waals surface area contributed by atoms with Crippen molar-refractivity contribution in [1.82, 2.24) is 34.1 Å². The van der Waals surface area contributed by atoms with Crippen LogP contribution in [0, 0.1) is 11.3 Å². The van der Waals surface area contributed by atoms with Gasteiger partial charge in [-0.3, -0.25) is 22.7 Å². The summed E-state index contributed by atoms with van der Waals surface area (Å²) in [5.41, 5.74) is 12.4. The maximum Gasteiger partial charge on any atom is 0.472 e. The smallest absolute Gasteiger partial charge is 0.397 e. The third-order valence-electron chi connectivity index (χ3n) is 9.00. The lowest BCUT2D eigenvalue weighted by molar-refractivity contribution is -0.0592. The zero-order valence-electron chi connectivity index (χ0n) is 23.0. The number of phosphoric ester groups is 1. The normalized spacial score (nSPS) is 41.7. The van der Waals surface area contributed by atoms with E-state index in [9.17, 15) is 24.2 Å². The molecule has 11 atom stereocenters. The number of pyridine rings is 1. The molecule has 240 valence electrons. The number of rotatable bonds is 2. The van der Waals surface area contributed by atoms with Crippen LogP contribution in [-0.4, -0.2) is 92.9 Å². The van der Waals surface area contributed by atoms with Crippen molar-refractivity contribution in [2.24, 2.45) is 11.3 Å². The van der Waals surface area contributed by atoms with Gasteiger partial charge in [-0.05, 0) is 18.4 Å². The van der Waals surface area contributed by atoms with Crippen LogP contribution in [0.2, 0.25) is 0 Å². The van der Waals surface area contributed by atoms with Crippen LogP contribution in [0.25, 0.3) is 22.3 Å². The number of ether oxygens (including phenoxy) is 1. The van der Waals surface area contributed by atoms with Crippen LogP contribution >= 0.6 is 26.9 Å². The number of phosphoric acid groups is 1. The van der Waals surface area contributed by atoms with Crippen LogP contribution in [0.4, 0.5) is 11.5 Å². The molecule has 0 radical (unpaired) electrons. The molecule has 19 nitrogen and oxygen atoms in total. The number of anilines is 2. The first-order valence-electron chi connectivity index (χ1n) is 13.7. The summed E-state index contributed by atoms with van der Waals surface area (Å²) in [7, 11) is -4.93. The Kier molecular flexibility index (Phi) is 6.67. The molecule has 2 saturated heterocycles. The summed E-state index contributed by atoms with van der Waals surface area (Å²) in [5.74, 6) is -0.262. The minimum atomic E-state index is -4.93. The third kappa shape index (κ3) is 4.63. The number of hydrogen-bond acceptors (Lipinski definition) is 16. The highest BCUT2D eigenvalue weighted by Crippen LogP contribution is 2.73. The Morgan fingerprint density at radius 3 is 2.56 bits per heavy atom. The third-order valence-corrected chi connectivity index (χ3v) is 11.6. The van der Waals surface area contributed by atoms with Gasteiger partial charge in [-0.2, -0.15) is 0 Å². The van der Waals surface area contributed by atoms with Crippen LogP contribution < -0.4 is 11.5 Å². The van der Waals surface area contributed by atoms with Gasteiger partial charge in [-0.15, -0.1) is 0 Å². The Hall–Kier alpha value is -2.74. The van der Waals surface area contributed by atoms with Crippen molar-refractivity contribution in [1.29, 1.82) is 0 Å². The molecule has 8 rings (SSSR count). The van der Waals surface area contributed by atoms with E-state index in [0.29, 0.717) is 28.8 Å². The number of nitrogens with zero attached hydrogens (tertiary/aromatic N) is 7. The number of fused-ring (bicyclic) bond motifs is 4. The van der Waals surface area contributed by atoms with Gasteiger partial charge < -0.3 is 35.9 Å². The highest BCUT2D eigenvalue weighted by Gasteiger charge is 2.74. The fourth-order valence-corrected chi connectivity index (χ4v) is 9.34. The summed E-state index contributed by atoms with van der Waals surface area (Å²) >= 11 is 4.15. The number of nitrogens with two attached hydrogens (primary N) is 2. The van der Waals surface area contributed by atoms with Crippen molar-refractivity contribution in [3.63, 3.8) is 0 Å². The van der Waals surface area contributed by atoms with Crippen LogP contribution in [0.5, 0.6) is 0 Å². The van der Waals surface area contributed by atoms with E-state index in [-0.39, 0.29) is 11.5 Å². The Morgan fingerprint density at radius 1 is 0.978 bits per heavy atom. The molecular formula is C23H27N9O10P2S. The predicted octanol–water partition coefficient (Wildman–Crippen LogP) is 0.571. The maximum absolute atomic E-state index is 13.6. The predicted molar refractivity (Wildman–Crippen MR) is 155 cm³/mol. The van der Waals surface area contributed by atoms with E-state index < -0.39 is 82.0 Å². The van der Waals surface area contributed by atoms with E-state index in [1.807, 2.05) is 0 Å². The van der Waals surface area contributed by atoms with Gasteiger partial charge in [-0.25, -0.2) is 34.0 Å². The molecule has 4 aromatic rings. The number of thiol groups is 1. The molecule has 22 heteroatoms. The lowest BCUT2D eigenvalue weighted by Gasteiger charge is -2.30. The summed E-state index contributed by atoms with van der Waals surface area (Å²) in [6.07, 6.45) is -2.29. The SMILES string of the molecule is Nc1ncnc2c1ncn2[C@H]1[C@H](O)[C@@H]2O[P@](=O)(S)OC[C@H]3O[C@@H](n4cnc5c(N)ccnc54)[C@H](OP(=O)(O)OC[C@]24C[C@H]14)[C@@H]3O. The van der Waals surface area contributed by atoms with E-state index in [2.05, 4.69) is 37.2 Å². The minimum absolute atomic E-state index is 0.144. The second-order valence-electron chi connectivity index (χ2n) is 11.5. The Morgan fingerprint density at radius 2 is 1.73 bits per heavy atom. The van der Waals surface area contributed by atoms with Gasteiger partial charge in [0, 0.05) is 11.6 Å². The van der Waals surface area contributed by atoms with E-state index in [0.717, 1.165) is 0 Å². The first-order chi connectivity index (χ1) is 21.4. The lowest BCUT2D eigenvalue weighted by Crippen LogP contribution is -2.37. The maximum atomic E-state index is 13.6. The molecule has 6 heterocycles. The molecule has 2 aliphatic heterocycles. The van der Waals surface area contributed by atoms with E-state index >= 15 is 0 Å². The number of aliphatic hydroxyl groups excluding tert-OH is 2. The molecule has 7 N–H and O–H groups in total. The summed E-state index contributed by atoms with van der Waals surface area (Å²) in [6, 6.07) is 0.826. The van der Waals surface area contributed by atoms with Crippen molar-refractivity contribution in [2.45, 2.75) is 49.2 Å². The number of aliphatic hydroxyl groups is 2. The fourth-order valence-electron chi connectivity index (χ4n) is 6.82. The zero-order valence-corrected chi connectivity index (χ0v) is 25.6. The molecule has 2 aliphatic carbocycles. The number of nitrogen functional groups attached to an aromatic ring is 2. The van der Waals surface area contributed by atoms with Crippen molar-refractivity contribution in [3.05, 3.63) is 31.2 Å². The van der Waals surface area contributed by atoms with Crippen LogP contribution in [0.15, 0.2) is 31.2 Å². The van der Waals surface area contributed by atoms with E-state index in [4.69, 9.17) is 34.3 Å². The Balaban J connectivity index is 1.14. The molecule has 4 fully saturated rings. The van der Waals surface area contributed by atoms with Gasteiger partial charge in [0.1, 0.15) is 47.9 Å². The average Bonchev–Trinajstić information content (AvgIpc) is 3.28. The first kappa shape index (κ1) is 29.6. The van der Waals surface area contributed by atoms with Crippen molar-refractivity contribution in [3.8, 4) is 0 Å². The van der Waals surface area contributed by atoms with E-state index in [1.165, 1.54) is 29.7 Å². The number of aromatic nitrogens is 7. The molecule has 1 unspecified atom stereocenters. The number of hydrogen-bond donors (Lipinski definition) is 6. The van der Waals surface area contributed by atoms with Gasteiger partial charge in [0.2, 0.25) is 0 Å². The molecule has 2 bridgehead atoms. The van der Waals surface area contributed by atoms with Gasteiger partial charge in [-0.1, -0.05) is 12.2 Å². The Labute approximate surface area is 258 Å².